The van der Waals surface area contributed by atoms with Crippen LogP contribution >= 0.6 is 11.3 Å². The third-order valence-corrected chi connectivity index (χ3v) is 5.87. The van der Waals surface area contributed by atoms with Gasteiger partial charge in [0.25, 0.3) is 5.56 Å². The summed E-state index contributed by atoms with van der Waals surface area (Å²) < 4.78 is 9.26. The Morgan fingerprint density at radius 2 is 2.27 bits per heavy atom. The van der Waals surface area contributed by atoms with Crippen LogP contribution < -0.4 is 5.56 Å². The van der Waals surface area contributed by atoms with Crippen molar-refractivity contribution in [2.24, 2.45) is 0 Å². The maximum atomic E-state index is 12.8. The molecule has 0 bridgehead atoms. The molecule has 0 radical (unpaired) electrons. The summed E-state index contributed by atoms with van der Waals surface area (Å²) in [6.45, 7) is 5.55. The molecule has 0 N–H and O–H groups in total. The van der Waals surface area contributed by atoms with Crippen LogP contribution in [0.15, 0.2) is 28.6 Å². The van der Waals surface area contributed by atoms with E-state index in [4.69, 9.17) is 4.74 Å². The van der Waals surface area contributed by atoms with Crippen LogP contribution in [0.1, 0.15) is 34.6 Å². The van der Waals surface area contributed by atoms with Crippen molar-refractivity contribution in [2.45, 2.75) is 45.9 Å². The zero-order valence-electron chi connectivity index (χ0n) is 14.9. The standard InChI is InChI=1S/C19H21N3O3S/c1-12-8-16(13(2)22(12)9-14-4-3-6-25-14)17(23)10-21-11-20-18-15(19(21)24)5-7-26-18/h5,7-8,11,14H,3-4,6,9-10H2,1-2H3/t14-/m1/s1. The lowest BCUT2D eigenvalue weighted by atomic mass is 10.1. The molecule has 1 aliphatic rings. The molecule has 0 saturated carbocycles. The van der Waals surface area contributed by atoms with Gasteiger partial charge in [0.15, 0.2) is 5.78 Å². The van der Waals surface area contributed by atoms with E-state index < -0.39 is 0 Å². The molecule has 4 rings (SSSR count). The normalized spacial score (nSPS) is 17.2. The molecule has 1 saturated heterocycles. The van der Waals surface area contributed by atoms with Gasteiger partial charge in [-0.15, -0.1) is 11.3 Å². The number of hydrogen-bond acceptors (Lipinski definition) is 5. The fourth-order valence-electron chi connectivity index (χ4n) is 3.60. The van der Waals surface area contributed by atoms with Crippen molar-refractivity contribution in [3.05, 3.63) is 51.1 Å². The summed E-state index contributed by atoms with van der Waals surface area (Å²) in [6, 6.07) is 3.66. The lowest BCUT2D eigenvalue weighted by Crippen LogP contribution is -2.24. The molecule has 6 nitrogen and oxygen atoms in total. The van der Waals surface area contributed by atoms with Gasteiger partial charge in [-0.1, -0.05) is 0 Å². The Morgan fingerprint density at radius 1 is 1.42 bits per heavy atom. The number of hydrogen-bond donors (Lipinski definition) is 0. The average Bonchev–Trinajstić information content (AvgIpc) is 3.35. The van der Waals surface area contributed by atoms with Gasteiger partial charge >= 0.3 is 0 Å². The summed E-state index contributed by atoms with van der Waals surface area (Å²) >= 11 is 1.42. The van der Waals surface area contributed by atoms with Crippen molar-refractivity contribution in [1.29, 1.82) is 0 Å². The Hall–Kier alpha value is -2.25. The smallest absolute Gasteiger partial charge is 0.262 e. The van der Waals surface area contributed by atoms with Crippen LogP contribution in [0.2, 0.25) is 0 Å². The number of aromatic nitrogens is 3. The number of fused-ring (bicyclic) bond motifs is 1. The average molecular weight is 371 g/mol. The first kappa shape index (κ1) is 17.2. The number of carbonyl (C=O) groups excluding carboxylic acids is 1. The molecule has 0 spiro atoms. The third-order valence-electron chi connectivity index (χ3n) is 5.05. The van der Waals surface area contributed by atoms with E-state index in [1.54, 1.807) is 6.07 Å². The van der Waals surface area contributed by atoms with Crippen LogP contribution in [-0.2, 0) is 17.8 Å². The molecule has 1 aliphatic heterocycles. The van der Waals surface area contributed by atoms with Gasteiger partial charge in [0.05, 0.1) is 24.4 Å². The van der Waals surface area contributed by atoms with Crippen molar-refractivity contribution in [1.82, 2.24) is 14.1 Å². The van der Waals surface area contributed by atoms with Crippen LogP contribution in [0.4, 0.5) is 0 Å². The molecular formula is C19H21N3O3S. The highest BCUT2D eigenvalue weighted by atomic mass is 32.1. The quantitative estimate of drug-likeness (QED) is 0.647. The van der Waals surface area contributed by atoms with Crippen molar-refractivity contribution in [3.63, 3.8) is 0 Å². The van der Waals surface area contributed by atoms with E-state index in [2.05, 4.69) is 9.55 Å². The zero-order valence-corrected chi connectivity index (χ0v) is 15.7. The molecule has 26 heavy (non-hydrogen) atoms. The van der Waals surface area contributed by atoms with E-state index in [9.17, 15) is 9.59 Å². The fraction of sp³-hybridized carbons (Fsp3) is 0.421. The van der Waals surface area contributed by atoms with E-state index in [0.717, 1.165) is 37.4 Å². The van der Waals surface area contributed by atoms with Crippen LogP contribution in [0.3, 0.4) is 0 Å². The number of aryl methyl sites for hydroxylation is 1. The van der Waals surface area contributed by atoms with Crippen molar-refractivity contribution in [3.8, 4) is 0 Å². The first-order valence-electron chi connectivity index (χ1n) is 8.79. The number of rotatable bonds is 5. The summed E-state index contributed by atoms with van der Waals surface area (Å²) in [7, 11) is 0. The van der Waals surface area contributed by atoms with Gasteiger partial charge in [-0.25, -0.2) is 4.98 Å². The second kappa shape index (κ2) is 6.81. The van der Waals surface area contributed by atoms with Gasteiger partial charge in [0.1, 0.15) is 4.83 Å². The molecular weight excluding hydrogens is 350 g/mol. The Bertz CT molecular complexity index is 1020. The summed E-state index contributed by atoms with van der Waals surface area (Å²) in [6.07, 6.45) is 3.83. The molecule has 136 valence electrons. The maximum absolute atomic E-state index is 12.8. The zero-order chi connectivity index (χ0) is 18.3. The number of thiophene rings is 1. The van der Waals surface area contributed by atoms with Crippen LogP contribution in [0.25, 0.3) is 10.2 Å². The van der Waals surface area contributed by atoms with Crippen molar-refractivity contribution >= 4 is 27.3 Å². The Balaban J connectivity index is 1.59. The first-order chi connectivity index (χ1) is 12.5. The van der Waals surface area contributed by atoms with E-state index in [0.29, 0.717) is 15.8 Å². The number of carbonyl (C=O) groups is 1. The van der Waals surface area contributed by atoms with Crippen LogP contribution in [0, 0.1) is 13.8 Å². The van der Waals surface area contributed by atoms with E-state index in [1.807, 2.05) is 25.3 Å². The highest BCUT2D eigenvalue weighted by Gasteiger charge is 2.21. The summed E-state index contributed by atoms with van der Waals surface area (Å²) in [5.41, 5.74) is 2.47. The number of nitrogens with zero attached hydrogens (tertiary/aromatic N) is 3. The van der Waals surface area contributed by atoms with E-state index in [1.165, 1.54) is 22.2 Å². The Labute approximate surface area is 155 Å². The minimum absolute atomic E-state index is 0.00183. The second-order valence-corrected chi connectivity index (χ2v) is 7.67. The predicted molar refractivity (Wildman–Crippen MR) is 101 cm³/mol. The molecule has 3 aromatic heterocycles. The number of ketones is 1. The van der Waals surface area contributed by atoms with Gasteiger partial charge in [0.2, 0.25) is 0 Å². The second-order valence-electron chi connectivity index (χ2n) is 6.77. The van der Waals surface area contributed by atoms with E-state index in [-0.39, 0.29) is 24.0 Å². The maximum Gasteiger partial charge on any atom is 0.262 e. The molecule has 1 atom stereocenters. The molecule has 0 aliphatic carbocycles. The minimum atomic E-state index is -0.169. The van der Waals surface area contributed by atoms with Crippen molar-refractivity contribution < 1.29 is 9.53 Å². The minimum Gasteiger partial charge on any atom is -0.376 e. The molecule has 0 amide bonds. The van der Waals surface area contributed by atoms with Gasteiger partial charge < -0.3 is 9.30 Å². The van der Waals surface area contributed by atoms with Gasteiger partial charge in [-0.05, 0) is 44.2 Å². The molecule has 1 fully saturated rings. The highest BCUT2D eigenvalue weighted by Crippen LogP contribution is 2.21. The van der Waals surface area contributed by atoms with Gasteiger partial charge in [-0.3, -0.25) is 14.2 Å². The van der Waals surface area contributed by atoms with Gasteiger partial charge in [-0.2, -0.15) is 0 Å². The summed E-state index contributed by atoms with van der Waals surface area (Å²) in [4.78, 5) is 30.3. The summed E-state index contributed by atoms with van der Waals surface area (Å²) in [5, 5.41) is 2.40. The van der Waals surface area contributed by atoms with E-state index >= 15 is 0 Å². The lowest BCUT2D eigenvalue weighted by molar-refractivity contribution is 0.0948. The number of ether oxygens (including phenoxy) is 1. The third kappa shape index (κ3) is 3.01. The highest BCUT2D eigenvalue weighted by molar-refractivity contribution is 7.16. The largest absolute Gasteiger partial charge is 0.376 e. The Kier molecular flexibility index (Phi) is 4.50. The molecule has 3 aromatic rings. The fourth-order valence-corrected chi connectivity index (χ4v) is 4.33. The predicted octanol–water partition coefficient (Wildman–Crippen LogP) is 2.94. The lowest BCUT2D eigenvalue weighted by Gasteiger charge is -2.14. The topological polar surface area (TPSA) is 66.1 Å². The molecule has 0 aromatic carbocycles. The monoisotopic (exact) mass is 371 g/mol. The molecule has 0 unspecified atom stereocenters. The van der Waals surface area contributed by atoms with Crippen LogP contribution in [-0.4, -0.2) is 32.6 Å². The number of Topliss-reactive ketones (excluding diaryl/α,β-unsaturated/α-hetero) is 1. The SMILES string of the molecule is Cc1cc(C(=O)Cn2cnc3sccc3c2=O)c(C)n1C[C@H]1CCCO1. The molecule has 4 heterocycles. The van der Waals surface area contributed by atoms with Gasteiger partial charge in [0, 0.05) is 30.1 Å². The molecule has 7 heteroatoms. The first-order valence-corrected chi connectivity index (χ1v) is 9.66. The Morgan fingerprint density at radius 3 is 3.04 bits per heavy atom. The van der Waals surface area contributed by atoms with Crippen LogP contribution in [0.5, 0.6) is 0 Å². The summed E-state index contributed by atoms with van der Waals surface area (Å²) in [5.74, 6) is -0.0739. The van der Waals surface area contributed by atoms with Crippen molar-refractivity contribution in [2.75, 3.05) is 6.61 Å².